The van der Waals surface area contributed by atoms with E-state index in [0.29, 0.717) is 19.7 Å². The lowest BCUT2D eigenvalue weighted by molar-refractivity contribution is -0.150. The minimum Gasteiger partial charge on any atom is -0.491 e. The SMILES string of the molecule is CCOC(=O)C1CCCN(CC(O)COc2ccccc2)C1. The number of piperidine rings is 1. The number of nitrogens with zero attached hydrogens (tertiary/aromatic N) is 1. The van der Waals surface area contributed by atoms with Crippen LogP contribution in [0.3, 0.4) is 0 Å². The zero-order valence-electron chi connectivity index (χ0n) is 13.1. The molecule has 22 heavy (non-hydrogen) atoms. The van der Waals surface area contributed by atoms with Crippen LogP contribution in [0.2, 0.25) is 0 Å². The van der Waals surface area contributed by atoms with E-state index in [-0.39, 0.29) is 18.5 Å². The predicted molar refractivity (Wildman–Crippen MR) is 83.7 cm³/mol. The molecule has 0 radical (unpaired) electrons. The van der Waals surface area contributed by atoms with Gasteiger partial charge in [-0.3, -0.25) is 9.69 Å². The highest BCUT2D eigenvalue weighted by Crippen LogP contribution is 2.18. The maximum Gasteiger partial charge on any atom is 0.310 e. The Kier molecular flexibility index (Phi) is 6.68. The monoisotopic (exact) mass is 307 g/mol. The second-order valence-electron chi connectivity index (χ2n) is 5.63. The Balaban J connectivity index is 1.73. The van der Waals surface area contributed by atoms with Crippen LogP contribution in [0.1, 0.15) is 19.8 Å². The molecule has 1 heterocycles. The van der Waals surface area contributed by atoms with Crippen molar-refractivity contribution in [1.82, 2.24) is 4.90 Å². The Morgan fingerprint density at radius 2 is 2.18 bits per heavy atom. The molecule has 1 saturated heterocycles. The third kappa shape index (κ3) is 5.31. The van der Waals surface area contributed by atoms with Crippen molar-refractivity contribution in [1.29, 1.82) is 0 Å². The summed E-state index contributed by atoms with van der Waals surface area (Å²) in [5.41, 5.74) is 0. The van der Waals surface area contributed by atoms with E-state index < -0.39 is 6.10 Å². The molecule has 5 nitrogen and oxygen atoms in total. The summed E-state index contributed by atoms with van der Waals surface area (Å²) < 4.78 is 10.6. The minimum absolute atomic E-state index is 0.0732. The maximum absolute atomic E-state index is 11.8. The number of esters is 1. The van der Waals surface area contributed by atoms with Crippen molar-refractivity contribution >= 4 is 5.97 Å². The van der Waals surface area contributed by atoms with Crippen LogP contribution >= 0.6 is 0 Å². The summed E-state index contributed by atoms with van der Waals surface area (Å²) in [6.07, 6.45) is 1.25. The van der Waals surface area contributed by atoms with Crippen LogP contribution in [0, 0.1) is 5.92 Å². The average Bonchev–Trinajstić information content (AvgIpc) is 2.54. The quantitative estimate of drug-likeness (QED) is 0.777. The van der Waals surface area contributed by atoms with Gasteiger partial charge in [0, 0.05) is 13.1 Å². The normalized spacial score (nSPS) is 20.4. The Morgan fingerprint density at radius 1 is 1.41 bits per heavy atom. The molecule has 122 valence electrons. The Hall–Kier alpha value is -1.59. The minimum atomic E-state index is -0.568. The van der Waals surface area contributed by atoms with E-state index in [1.165, 1.54) is 0 Å². The van der Waals surface area contributed by atoms with E-state index in [4.69, 9.17) is 9.47 Å². The molecule has 1 aliphatic rings. The van der Waals surface area contributed by atoms with Gasteiger partial charge in [-0.1, -0.05) is 18.2 Å². The molecule has 0 aliphatic carbocycles. The zero-order valence-corrected chi connectivity index (χ0v) is 13.1. The number of carbonyl (C=O) groups is 1. The van der Waals surface area contributed by atoms with Gasteiger partial charge in [0.1, 0.15) is 18.5 Å². The standard InChI is InChI=1S/C17H25NO4/c1-2-21-17(20)14-7-6-10-18(11-14)12-15(19)13-22-16-8-4-3-5-9-16/h3-5,8-9,14-15,19H,2,6-7,10-13H2,1H3. The van der Waals surface area contributed by atoms with Gasteiger partial charge in [0.15, 0.2) is 0 Å². The van der Waals surface area contributed by atoms with Gasteiger partial charge < -0.3 is 14.6 Å². The largest absolute Gasteiger partial charge is 0.491 e. The van der Waals surface area contributed by atoms with Crippen LogP contribution in [-0.2, 0) is 9.53 Å². The first-order valence-corrected chi connectivity index (χ1v) is 7.94. The summed E-state index contributed by atoms with van der Waals surface area (Å²) in [6, 6.07) is 9.45. The molecule has 5 heteroatoms. The Morgan fingerprint density at radius 3 is 2.91 bits per heavy atom. The molecule has 0 aromatic heterocycles. The number of rotatable bonds is 7. The zero-order chi connectivity index (χ0) is 15.8. The maximum atomic E-state index is 11.8. The van der Waals surface area contributed by atoms with Crippen molar-refractivity contribution in [3.63, 3.8) is 0 Å². The number of hydrogen-bond donors (Lipinski definition) is 1. The van der Waals surface area contributed by atoms with Crippen LogP contribution in [0.4, 0.5) is 0 Å². The smallest absolute Gasteiger partial charge is 0.310 e. The van der Waals surface area contributed by atoms with E-state index in [1.54, 1.807) is 0 Å². The average molecular weight is 307 g/mol. The molecule has 1 aliphatic heterocycles. The number of benzene rings is 1. The topological polar surface area (TPSA) is 59.0 Å². The van der Waals surface area contributed by atoms with Gasteiger partial charge in [-0.05, 0) is 38.4 Å². The van der Waals surface area contributed by atoms with Gasteiger partial charge in [0.05, 0.1) is 12.5 Å². The molecule has 0 spiro atoms. The highest BCUT2D eigenvalue weighted by Gasteiger charge is 2.27. The lowest BCUT2D eigenvalue weighted by atomic mass is 9.98. The first kappa shape index (κ1) is 16.8. The summed E-state index contributed by atoms with van der Waals surface area (Å²) in [4.78, 5) is 13.9. The van der Waals surface area contributed by atoms with Crippen molar-refractivity contribution < 1.29 is 19.4 Å². The first-order chi connectivity index (χ1) is 10.7. The van der Waals surface area contributed by atoms with Crippen molar-refractivity contribution in [2.75, 3.05) is 32.8 Å². The summed E-state index contributed by atoms with van der Waals surface area (Å²) in [5.74, 6) is 0.558. The van der Waals surface area contributed by atoms with Gasteiger partial charge in [-0.15, -0.1) is 0 Å². The highest BCUT2D eigenvalue weighted by atomic mass is 16.5. The van der Waals surface area contributed by atoms with E-state index in [9.17, 15) is 9.90 Å². The molecule has 2 rings (SSSR count). The summed E-state index contributed by atoms with van der Waals surface area (Å²) in [7, 11) is 0. The van der Waals surface area contributed by atoms with Crippen molar-refractivity contribution in [3.05, 3.63) is 30.3 Å². The lowest BCUT2D eigenvalue weighted by Crippen LogP contribution is -2.44. The third-order valence-corrected chi connectivity index (χ3v) is 3.78. The van der Waals surface area contributed by atoms with E-state index in [1.807, 2.05) is 37.3 Å². The summed E-state index contributed by atoms with van der Waals surface area (Å²) >= 11 is 0. The number of carbonyl (C=O) groups excluding carboxylic acids is 1. The Labute approximate surface area is 131 Å². The highest BCUT2D eigenvalue weighted by molar-refractivity contribution is 5.72. The molecular weight excluding hydrogens is 282 g/mol. The number of β-amino-alcohol motifs (C(OH)–C–C–N with tert-alkyl or cyclic N) is 1. The molecule has 2 unspecified atom stereocenters. The lowest BCUT2D eigenvalue weighted by Gasteiger charge is -2.32. The van der Waals surface area contributed by atoms with Crippen LogP contribution < -0.4 is 4.74 Å². The molecule has 0 bridgehead atoms. The molecular formula is C17H25NO4. The van der Waals surface area contributed by atoms with Crippen LogP contribution in [0.5, 0.6) is 5.75 Å². The molecule has 0 saturated carbocycles. The molecule has 1 aromatic carbocycles. The molecule has 1 fully saturated rings. The van der Waals surface area contributed by atoms with Gasteiger partial charge in [-0.2, -0.15) is 0 Å². The van der Waals surface area contributed by atoms with Gasteiger partial charge >= 0.3 is 5.97 Å². The second kappa shape index (κ2) is 8.76. The number of aliphatic hydroxyl groups excluding tert-OH is 1. The number of hydrogen-bond acceptors (Lipinski definition) is 5. The second-order valence-corrected chi connectivity index (χ2v) is 5.63. The summed E-state index contributed by atoms with van der Waals surface area (Å²) in [6.45, 7) is 4.57. The molecule has 1 aromatic rings. The van der Waals surface area contributed by atoms with Crippen LogP contribution in [0.15, 0.2) is 30.3 Å². The molecule has 1 N–H and O–H groups in total. The van der Waals surface area contributed by atoms with Gasteiger partial charge in [0.25, 0.3) is 0 Å². The third-order valence-electron chi connectivity index (χ3n) is 3.78. The number of ether oxygens (including phenoxy) is 2. The number of likely N-dealkylation sites (tertiary alicyclic amines) is 1. The van der Waals surface area contributed by atoms with E-state index in [2.05, 4.69) is 4.90 Å². The van der Waals surface area contributed by atoms with E-state index in [0.717, 1.165) is 25.1 Å². The van der Waals surface area contributed by atoms with Crippen LogP contribution in [0.25, 0.3) is 0 Å². The fourth-order valence-corrected chi connectivity index (χ4v) is 2.73. The molecule has 0 amide bonds. The van der Waals surface area contributed by atoms with Crippen LogP contribution in [-0.4, -0.2) is 54.9 Å². The first-order valence-electron chi connectivity index (χ1n) is 7.94. The van der Waals surface area contributed by atoms with Crippen molar-refractivity contribution in [2.24, 2.45) is 5.92 Å². The Bertz CT molecular complexity index is 451. The summed E-state index contributed by atoms with van der Waals surface area (Å²) in [5, 5.41) is 10.1. The number of aliphatic hydroxyl groups is 1. The fraction of sp³-hybridized carbons (Fsp3) is 0.588. The van der Waals surface area contributed by atoms with E-state index >= 15 is 0 Å². The molecule has 2 atom stereocenters. The fourth-order valence-electron chi connectivity index (χ4n) is 2.73. The number of para-hydroxylation sites is 1. The van der Waals surface area contributed by atoms with Crippen molar-refractivity contribution in [2.45, 2.75) is 25.9 Å². The van der Waals surface area contributed by atoms with Gasteiger partial charge in [0.2, 0.25) is 0 Å². The van der Waals surface area contributed by atoms with Crippen molar-refractivity contribution in [3.8, 4) is 5.75 Å². The predicted octanol–water partition coefficient (Wildman–Crippen LogP) is 1.70. The van der Waals surface area contributed by atoms with Gasteiger partial charge in [-0.25, -0.2) is 0 Å².